The van der Waals surface area contributed by atoms with E-state index in [0.29, 0.717) is 0 Å². The van der Waals surface area contributed by atoms with Crippen molar-refractivity contribution in [2.45, 2.75) is 6.42 Å². The van der Waals surface area contributed by atoms with Gasteiger partial charge in [-0.05, 0) is 5.56 Å². The first kappa shape index (κ1) is 36.3. The molecule has 0 bridgehead atoms. The fraction of sp³-hybridized carbons (Fsp3) is 0.250. The number of halogens is 5. The van der Waals surface area contributed by atoms with Crippen molar-refractivity contribution in [2.24, 2.45) is 0 Å². The first-order valence-corrected chi connectivity index (χ1v) is 3.26. The van der Waals surface area contributed by atoms with Gasteiger partial charge in [0.05, 0.1) is 6.54 Å². The molecule has 0 saturated heterocycles. The van der Waals surface area contributed by atoms with Gasteiger partial charge in [0.25, 0.3) is 0 Å². The van der Waals surface area contributed by atoms with Gasteiger partial charge in [-0.2, -0.15) is 0 Å². The van der Waals surface area contributed by atoms with Crippen LogP contribution in [0.25, 0.3) is 0 Å². The van der Waals surface area contributed by atoms with Crippen LogP contribution in [-0.2, 0) is 6.42 Å². The SMILES string of the molecule is [I-].[I-].[I-].[I-].[I-].[NH3+]CCc1ccccc1.[Sn+4]. The third kappa shape index (κ3) is 20.1. The minimum atomic E-state index is 0. The number of hydrogen-bond donors (Lipinski definition) is 1. The van der Waals surface area contributed by atoms with Gasteiger partial charge in [-0.15, -0.1) is 0 Å². The Morgan fingerprint density at radius 1 is 0.800 bits per heavy atom. The van der Waals surface area contributed by atoms with E-state index in [4.69, 9.17) is 0 Å². The van der Waals surface area contributed by atoms with Gasteiger partial charge in [0.15, 0.2) is 0 Å². The van der Waals surface area contributed by atoms with E-state index in [0.717, 1.165) is 13.0 Å². The van der Waals surface area contributed by atoms with Crippen LogP contribution in [0, 0.1) is 0 Å². The predicted octanol–water partition coefficient (Wildman–Crippen LogP) is -14.9. The molecule has 1 aromatic rings. The van der Waals surface area contributed by atoms with Gasteiger partial charge in [-0.1, -0.05) is 30.3 Å². The second kappa shape index (κ2) is 26.2. The molecule has 0 amide bonds. The molecule has 1 aromatic carbocycles. The normalized spacial score (nSPS) is 5.67. The molecule has 0 spiro atoms. The van der Waals surface area contributed by atoms with Gasteiger partial charge in [0.1, 0.15) is 0 Å². The van der Waals surface area contributed by atoms with E-state index in [9.17, 15) is 0 Å². The molecular weight excluding hydrogens is 863 g/mol. The van der Waals surface area contributed by atoms with Crippen LogP contribution < -0.4 is 126 Å². The second-order valence-corrected chi connectivity index (χ2v) is 2.09. The maximum atomic E-state index is 3.78. The van der Waals surface area contributed by atoms with Crippen LogP contribution in [0.15, 0.2) is 30.3 Å². The Balaban J connectivity index is -0.0000000337. The summed E-state index contributed by atoms with van der Waals surface area (Å²) in [7, 11) is 0. The average Bonchev–Trinajstić information content (AvgIpc) is 1.91. The van der Waals surface area contributed by atoms with Crippen molar-refractivity contribution < 1.29 is 126 Å². The van der Waals surface area contributed by atoms with Crippen LogP contribution in [0.4, 0.5) is 0 Å². The van der Waals surface area contributed by atoms with Crippen LogP contribution in [0.5, 0.6) is 0 Å². The standard InChI is InChI=1S/C8H11N.5HI.Sn/c9-7-6-8-4-2-1-3-5-8;;;;;;/h1-5H,6-7,9H2;5*1H;/q;;;;;;+4/p-4. The van der Waals surface area contributed by atoms with E-state index >= 15 is 0 Å². The Morgan fingerprint density at radius 3 is 1.53 bits per heavy atom. The molecule has 3 N–H and O–H groups in total. The molecule has 15 heavy (non-hydrogen) atoms. The number of hydrogen-bond acceptors (Lipinski definition) is 0. The van der Waals surface area contributed by atoms with Gasteiger partial charge >= 0.3 is 23.9 Å². The minimum absolute atomic E-state index is 0. The Kier molecular flexibility index (Phi) is 63.5. The van der Waals surface area contributed by atoms with Crippen LogP contribution in [-0.4, -0.2) is 30.5 Å². The molecule has 0 aliphatic rings. The average molecular weight is 875 g/mol. The largest absolute Gasteiger partial charge is 4.00 e. The molecule has 0 heterocycles. The smallest absolute Gasteiger partial charge is 1.00 e. The van der Waals surface area contributed by atoms with Gasteiger partial charge < -0.3 is 126 Å². The van der Waals surface area contributed by atoms with Gasteiger partial charge in [-0.3, -0.25) is 0 Å². The zero-order chi connectivity index (χ0) is 6.53. The topological polar surface area (TPSA) is 27.6 Å². The van der Waals surface area contributed by atoms with E-state index in [2.05, 4.69) is 30.0 Å². The Labute approximate surface area is 194 Å². The fourth-order valence-corrected chi connectivity index (χ4v) is 0.849. The summed E-state index contributed by atoms with van der Waals surface area (Å²) in [5, 5.41) is 0. The monoisotopic (exact) mass is 877 g/mol. The van der Waals surface area contributed by atoms with Crippen LogP contribution in [0.2, 0.25) is 0 Å². The third-order valence-electron chi connectivity index (χ3n) is 1.31. The summed E-state index contributed by atoms with van der Waals surface area (Å²) >= 11 is 0. The van der Waals surface area contributed by atoms with Crippen molar-refractivity contribution in [1.82, 2.24) is 0 Å². The predicted molar refractivity (Wildman–Crippen MR) is 43.7 cm³/mol. The molecule has 0 saturated carbocycles. The van der Waals surface area contributed by atoms with Crippen LogP contribution in [0.3, 0.4) is 0 Å². The van der Waals surface area contributed by atoms with E-state index in [-0.39, 0.29) is 144 Å². The summed E-state index contributed by atoms with van der Waals surface area (Å²) in [5.41, 5.74) is 5.16. The zero-order valence-electron chi connectivity index (χ0n) is 7.90. The molecular formula is C8H12I5NSn. The molecule has 0 aliphatic carbocycles. The fourth-order valence-electron chi connectivity index (χ4n) is 0.849. The third-order valence-corrected chi connectivity index (χ3v) is 1.31. The molecule has 7 heteroatoms. The van der Waals surface area contributed by atoms with Gasteiger partial charge in [0.2, 0.25) is 0 Å². The van der Waals surface area contributed by atoms with Crippen molar-refractivity contribution in [3.8, 4) is 0 Å². The van der Waals surface area contributed by atoms with Crippen LogP contribution >= 0.6 is 0 Å². The number of rotatable bonds is 2. The molecule has 1 nitrogen and oxygen atoms in total. The summed E-state index contributed by atoms with van der Waals surface area (Å²) in [6.45, 7) is 0.990. The summed E-state index contributed by atoms with van der Waals surface area (Å²) in [4.78, 5) is 0. The second-order valence-electron chi connectivity index (χ2n) is 2.09. The summed E-state index contributed by atoms with van der Waals surface area (Å²) < 4.78 is 0. The molecule has 0 fully saturated rings. The quantitative estimate of drug-likeness (QED) is 0.226. The Hall–Kier alpha value is 3.63. The summed E-state index contributed by atoms with van der Waals surface area (Å²) in [6, 6.07) is 10.4. The van der Waals surface area contributed by atoms with E-state index in [1.807, 2.05) is 6.07 Å². The molecule has 0 radical (unpaired) electrons. The maximum Gasteiger partial charge on any atom is 4.00 e. The van der Waals surface area contributed by atoms with Crippen molar-refractivity contribution >= 4 is 23.9 Å². The van der Waals surface area contributed by atoms with Crippen molar-refractivity contribution in [3.05, 3.63) is 35.9 Å². The van der Waals surface area contributed by atoms with Gasteiger partial charge in [-0.25, -0.2) is 0 Å². The van der Waals surface area contributed by atoms with Crippen molar-refractivity contribution in [1.29, 1.82) is 0 Å². The number of quaternary nitrogens is 1. The molecule has 88 valence electrons. The summed E-state index contributed by atoms with van der Waals surface area (Å²) in [5.74, 6) is 0. The molecule has 1 rings (SSSR count). The first-order valence-electron chi connectivity index (χ1n) is 3.26. The van der Waals surface area contributed by atoms with E-state index in [1.165, 1.54) is 5.56 Å². The zero-order valence-corrected chi connectivity index (χ0v) is 21.5. The van der Waals surface area contributed by atoms with E-state index < -0.39 is 0 Å². The Morgan fingerprint density at radius 2 is 1.20 bits per heavy atom. The van der Waals surface area contributed by atoms with Crippen LogP contribution in [0.1, 0.15) is 5.56 Å². The summed E-state index contributed by atoms with van der Waals surface area (Å²) in [6.07, 6.45) is 1.10. The molecule has 0 aliphatic heterocycles. The minimum Gasteiger partial charge on any atom is -1.00 e. The van der Waals surface area contributed by atoms with Crippen molar-refractivity contribution in [3.63, 3.8) is 0 Å². The number of benzene rings is 1. The Bertz CT molecular complexity index is 176. The molecule has 0 atom stereocenters. The maximum absolute atomic E-state index is 3.78. The first-order chi connectivity index (χ1) is 4.43. The molecule has 0 unspecified atom stereocenters. The molecule has 0 aromatic heterocycles. The van der Waals surface area contributed by atoms with Crippen molar-refractivity contribution in [2.75, 3.05) is 6.54 Å². The van der Waals surface area contributed by atoms with E-state index in [1.54, 1.807) is 0 Å². The van der Waals surface area contributed by atoms with Gasteiger partial charge in [0, 0.05) is 6.42 Å².